The summed E-state index contributed by atoms with van der Waals surface area (Å²) in [6.45, 7) is 1.62. The average Bonchev–Trinajstić information content (AvgIpc) is 2.69. The fourth-order valence-electron chi connectivity index (χ4n) is 2.47. The first kappa shape index (κ1) is 8.77. The number of hydrogen-bond donors (Lipinski definition) is 1. The molecule has 0 aromatic carbocycles. The predicted octanol–water partition coefficient (Wildman–Crippen LogP) is 0.817. The van der Waals surface area contributed by atoms with Crippen molar-refractivity contribution in [3.8, 4) is 0 Å². The largest absolute Gasteiger partial charge is 0.385 e. The van der Waals surface area contributed by atoms with E-state index in [2.05, 4.69) is 23.5 Å². The van der Waals surface area contributed by atoms with Crippen LogP contribution in [0.3, 0.4) is 0 Å². The first-order chi connectivity index (χ1) is 7.36. The standard InChI is InChI=1S/C12H14N2O/c15-12-10-5-1-2-6-11(10)13-8-9-4-3-7-14(9)12/h1-4,6,9-10,13H,5,7-8H2. The second kappa shape index (κ2) is 3.26. The monoisotopic (exact) mass is 202 g/mol. The van der Waals surface area contributed by atoms with Crippen LogP contribution in [0.5, 0.6) is 0 Å². The highest BCUT2D eigenvalue weighted by molar-refractivity contribution is 5.83. The molecular formula is C12H14N2O. The smallest absolute Gasteiger partial charge is 0.232 e. The minimum Gasteiger partial charge on any atom is -0.385 e. The number of nitrogens with zero attached hydrogens (tertiary/aromatic N) is 1. The Balaban J connectivity index is 1.93. The van der Waals surface area contributed by atoms with Gasteiger partial charge in [0.1, 0.15) is 0 Å². The summed E-state index contributed by atoms with van der Waals surface area (Å²) >= 11 is 0. The zero-order valence-corrected chi connectivity index (χ0v) is 8.52. The molecule has 2 atom stereocenters. The van der Waals surface area contributed by atoms with Crippen LogP contribution in [0.4, 0.5) is 0 Å². The van der Waals surface area contributed by atoms with Crippen LogP contribution in [-0.2, 0) is 4.79 Å². The van der Waals surface area contributed by atoms with E-state index in [-0.39, 0.29) is 17.9 Å². The van der Waals surface area contributed by atoms with Crippen LogP contribution in [-0.4, -0.2) is 29.9 Å². The number of allylic oxidation sites excluding steroid dienone is 3. The molecule has 1 amide bonds. The van der Waals surface area contributed by atoms with E-state index in [0.717, 1.165) is 25.2 Å². The summed E-state index contributed by atoms with van der Waals surface area (Å²) in [5.74, 6) is 0.297. The molecule has 0 aromatic rings. The molecule has 0 bridgehead atoms. The summed E-state index contributed by atoms with van der Waals surface area (Å²) in [5.41, 5.74) is 1.09. The van der Waals surface area contributed by atoms with Gasteiger partial charge in [-0.2, -0.15) is 0 Å². The normalized spacial score (nSPS) is 32.9. The van der Waals surface area contributed by atoms with Gasteiger partial charge in [-0.05, 0) is 12.5 Å². The minimum absolute atomic E-state index is 0.0277. The quantitative estimate of drug-likeness (QED) is 0.590. The summed E-state index contributed by atoms with van der Waals surface area (Å²) in [5, 5.41) is 3.38. The van der Waals surface area contributed by atoms with Crippen LogP contribution in [0.1, 0.15) is 6.42 Å². The van der Waals surface area contributed by atoms with Crippen molar-refractivity contribution >= 4 is 5.91 Å². The van der Waals surface area contributed by atoms with E-state index >= 15 is 0 Å². The van der Waals surface area contributed by atoms with Crippen molar-refractivity contribution in [2.24, 2.45) is 5.92 Å². The maximum Gasteiger partial charge on any atom is 0.232 e. The number of rotatable bonds is 0. The molecule has 2 aliphatic heterocycles. The number of nitrogens with one attached hydrogen (secondary N) is 1. The zero-order chi connectivity index (χ0) is 10.3. The van der Waals surface area contributed by atoms with E-state index in [1.54, 1.807) is 0 Å². The van der Waals surface area contributed by atoms with Gasteiger partial charge in [-0.1, -0.05) is 24.3 Å². The lowest BCUT2D eigenvalue weighted by Crippen LogP contribution is -2.39. The topological polar surface area (TPSA) is 32.3 Å². The molecule has 3 aliphatic rings. The van der Waals surface area contributed by atoms with Crippen LogP contribution in [0.2, 0.25) is 0 Å². The zero-order valence-electron chi connectivity index (χ0n) is 8.52. The van der Waals surface area contributed by atoms with Crippen molar-refractivity contribution < 1.29 is 4.79 Å². The molecule has 0 saturated carbocycles. The fraction of sp³-hybridized carbons (Fsp3) is 0.417. The summed E-state index contributed by atoms with van der Waals surface area (Å²) < 4.78 is 0. The van der Waals surface area contributed by atoms with Crippen molar-refractivity contribution in [1.29, 1.82) is 0 Å². The lowest BCUT2D eigenvalue weighted by atomic mass is 9.96. The molecule has 1 saturated heterocycles. The van der Waals surface area contributed by atoms with Gasteiger partial charge in [0, 0.05) is 18.8 Å². The first-order valence-corrected chi connectivity index (χ1v) is 5.44. The molecule has 78 valence electrons. The van der Waals surface area contributed by atoms with Gasteiger partial charge in [0.2, 0.25) is 5.91 Å². The summed E-state index contributed by atoms with van der Waals surface area (Å²) in [6, 6.07) is 0.254. The highest BCUT2D eigenvalue weighted by atomic mass is 16.2. The van der Waals surface area contributed by atoms with E-state index in [0.29, 0.717) is 0 Å². The molecular weight excluding hydrogens is 188 g/mol. The van der Waals surface area contributed by atoms with E-state index in [1.165, 1.54) is 0 Å². The maximum absolute atomic E-state index is 12.2. The van der Waals surface area contributed by atoms with Crippen molar-refractivity contribution in [2.45, 2.75) is 12.5 Å². The lowest BCUT2D eigenvalue weighted by Gasteiger charge is -2.24. The Labute approximate surface area is 89.1 Å². The Bertz CT molecular complexity index is 381. The van der Waals surface area contributed by atoms with Crippen LogP contribution in [0, 0.1) is 5.92 Å². The number of hydrogen-bond acceptors (Lipinski definition) is 2. The fourth-order valence-corrected chi connectivity index (χ4v) is 2.47. The Morgan fingerprint density at radius 3 is 3.27 bits per heavy atom. The molecule has 15 heavy (non-hydrogen) atoms. The molecule has 1 N–H and O–H groups in total. The van der Waals surface area contributed by atoms with Crippen molar-refractivity contribution in [1.82, 2.24) is 10.2 Å². The average molecular weight is 202 g/mol. The van der Waals surface area contributed by atoms with Gasteiger partial charge in [-0.15, -0.1) is 0 Å². The van der Waals surface area contributed by atoms with Crippen LogP contribution < -0.4 is 5.32 Å². The Kier molecular flexibility index (Phi) is 1.91. The molecule has 1 aliphatic carbocycles. The van der Waals surface area contributed by atoms with E-state index in [4.69, 9.17) is 0 Å². The third kappa shape index (κ3) is 1.30. The summed E-state index contributed by atoms with van der Waals surface area (Å²) in [6.07, 6.45) is 11.2. The van der Waals surface area contributed by atoms with Crippen LogP contribution in [0.15, 0.2) is 36.1 Å². The van der Waals surface area contributed by atoms with E-state index in [9.17, 15) is 4.79 Å². The Morgan fingerprint density at radius 2 is 2.33 bits per heavy atom. The Morgan fingerprint density at radius 1 is 1.40 bits per heavy atom. The summed E-state index contributed by atoms with van der Waals surface area (Å²) in [7, 11) is 0. The highest BCUT2D eigenvalue weighted by Gasteiger charge is 2.35. The van der Waals surface area contributed by atoms with Gasteiger partial charge < -0.3 is 10.2 Å². The third-order valence-electron chi connectivity index (χ3n) is 3.32. The molecule has 0 spiro atoms. The van der Waals surface area contributed by atoms with Gasteiger partial charge in [0.05, 0.1) is 12.0 Å². The molecule has 0 radical (unpaired) electrons. The first-order valence-electron chi connectivity index (χ1n) is 5.44. The van der Waals surface area contributed by atoms with Gasteiger partial charge in [-0.3, -0.25) is 4.79 Å². The SMILES string of the molecule is O=C1C2CC=CC=C2NCC2C=CCN12. The van der Waals surface area contributed by atoms with E-state index in [1.807, 2.05) is 17.1 Å². The predicted molar refractivity (Wildman–Crippen MR) is 58.0 cm³/mol. The number of fused-ring (bicyclic) bond motifs is 2. The molecule has 0 aromatic heterocycles. The van der Waals surface area contributed by atoms with Crippen molar-refractivity contribution in [3.05, 3.63) is 36.1 Å². The van der Waals surface area contributed by atoms with Gasteiger partial charge in [-0.25, -0.2) is 0 Å². The second-order valence-electron chi connectivity index (χ2n) is 4.21. The molecule has 2 unspecified atom stereocenters. The molecule has 2 heterocycles. The van der Waals surface area contributed by atoms with E-state index < -0.39 is 0 Å². The minimum atomic E-state index is 0.0277. The molecule has 3 nitrogen and oxygen atoms in total. The van der Waals surface area contributed by atoms with Gasteiger partial charge in [0.25, 0.3) is 0 Å². The van der Waals surface area contributed by atoms with Gasteiger partial charge >= 0.3 is 0 Å². The van der Waals surface area contributed by atoms with Crippen molar-refractivity contribution in [2.75, 3.05) is 13.1 Å². The van der Waals surface area contributed by atoms with Crippen LogP contribution in [0.25, 0.3) is 0 Å². The number of carbonyl (C=O) groups excluding carboxylic acids is 1. The third-order valence-corrected chi connectivity index (χ3v) is 3.32. The summed E-state index contributed by atoms with van der Waals surface area (Å²) in [4.78, 5) is 14.2. The van der Waals surface area contributed by atoms with Crippen molar-refractivity contribution in [3.63, 3.8) is 0 Å². The molecule has 3 rings (SSSR count). The molecule has 1 fully saturated rings. The number of carbonyl (C=O) groups is 1. The van der Waals surface area contributed by atoms with Gasteiger partial charge in [0.15, 0.2) is 0 Å². The lowest BCUT2D eigenvalue weighted by molar-refractivity contribution is -0.133. The number of amides is 1. The maximum atomic E-state index is 12.2. The molecule has 3 heteroatoms. The highest BCUT2D eigenvalue weighted by Crippen LogP contribution is 2.26. The second-order valence-corrected chi connectivity index (χ2v) is 4.21. The Hall–Kier alpha value is -1.51. The van der Waals surface area contributed by atoms with Crippen LogP contribution >= 0.6 is 0 Å².